The van der Waals surface area contributed by atoms with Crippen LogP contribution in [0, 0.1) is 0 Å². The van der Waals surface area contributed by atoms with Crippen LogP contribution in [0.4, 0.5) is 0 Å². The predicted octanol–water partition coefficient (Wildman–Crippen LogP) is 0.944. The van der Waals surface area contributed by atoms with Crippen molar-refractivity contribution in [2.24, 2.45) is 0 Å². The zero-order valence-corrected chi connectivity index (χ0v) is 7.10. The van der Waals surface area contributed by atoms with Gasteiger partial charge >= 0.3 is 63.4 Å². The molecule has 0 radical (unpaired) electrons. The van der Waals surface area contributed by atoms with Gasteiger partial charge in [0.25, 0.3) is 0 Å². The molecule has 0 aliphatic carbocycles. The minimum atomic E-state index is -3.68. The number of hydrogen-bond donors (Lipinski definition) is 0. The van der Waals surface area contributed by atoms with Crippen molar-refractivity contribution in [3.8, 4) is 0 Å². The van der Waals surface area contributed by atoms with Crippen LogP contribution in [-0.4, -0.2) is 5.97 Å². The van der Waals surface area contributed by atoms with Gasteiger partial charge in [-0.1, -0.05) is 0 Å². The molecule has 0 fully saturated rings. The summed E-state index contributed by atoms with van der Waals surface area (Å²) in [6.45, 7) is 1.91. The van der Waals surface area contributed by atoms with Crippen LogP contribution in [0.25, 0.3) is 0 Å². The molecule has 0 aliphatic heterocycles. The molecule has 0 atom stereocenters. The van der Waals surface area contributed by atoms with Crippen molar-refractivity contribution in [3.63, 3.8) is 0 Å². The normalized spacial score (nSPS) is 8.90. The molecule has 0 spiro atoms. The minimum absolute atomic E-state index is 0.201. The molecule has 0 aliphatic rings. The Hall–Kier alpha value is -0.346. The standard InChI is InChI=1S/C5H10O2.2O.V/c1-2-3-4-5(6)7;;;/h2-4H2,1H3,(H,6,7);;;/q;;;+1/p-1. The Morgan fingerprint density at radius 1 is 1.50 bits per heavy atom. The summed E-state index contributed by atoms with van der Waals surface area (Å²) in [7, 11) is 0. The molecule has 0 saturated carbocycles. The number of hydrogen-bond acceptors (Lipinski definition) is 4. The average Bonchev–Trinajstić information content (AvgIpc) is 1.82. The molecule has 0 unspecified atom stereocenters. The summed E-state index contributed by atoms with van der Waals surface area (Å²) < 4.78 is 23.6. The molecule has 58 valence electrons. The van der Waals surface area contributed by atoms with Gasteiger partial charge in [0.05, 0.1) is 0 Å². The maximum atomic E-state index is 10.4. The van der Waals surface area contributed by atoms with Crippen LogP contribution >= 0.6 is 0 Å². The number of carbonyl (C=O) groups is 1. The fourth-order valence-corrected chi connectivity index (χ4v) is 0.852. The van der Waals surface area contributed by atoms with Gasteiger partial charge in [-0.15, -0.1) is 0 Å². The summed E-state index contributed by atoms with van der Waals surface area (Å²) in [4.78, 5) is 10.4. The van der Waals surface area contributed by atoms with Gasteiger partial charge in [-0.25, -0.2) is 0 Å². The second-order valence-corrected chi connectivity index (χ2v) is 2.77. The van der Waals surface area contributed by atoms with Gasteiger partial charge in [0.15, 0.2) is 0 Å². The molecule has 5 heteroatoms. The van der Waals surface area contributed by atoms with E-state index in [2.05, 4.69) is 3.66 Å². The molecule has 4 nitrogen and oxygen atoms in total. The van der Waals surface area contributed by atoms with Crippen LogP contribution in [0.1, 0.15) is 26.2 Å². The molecule has 0 bridgehead atoms. The van der Waals surface area contributed by atoms with Crippen molar-refractivity contribution < 1.29 is 31.2 Å². The predicted molar refractivity (Wildman–Crippen MR) is 27.0 cm³/mol. The zero-order chi connectivity index (χ0) is 7.98. The van der Waals surface area contributed by atoms with Crippen LogP contribution in [-0.2, 0) is 31.2 Å². The van der Waals surface area contributed by atoms with Gasteiger partial charge < -0.3 is 0 Å². The number of unbranched alkanes of at least 4 members (excludes halogenated alkanes) is 1. The second kappa shape index (κ2) is 5.44. The molecule has 0 aromatic heterocycles. The van der Waals surface area contributed by atoms with Crippen LogP contribution in [0.2, 0.25) is 0 Å². The maximum absolute atomic E-state index is 10.4. The van der Waals surface area contributed by atoms with Crippen LogP contribution in [0.5, 0.6) is 0 Å². The Kier molecular flexibility index (Phi) is 5.25. The third-order valence-corrected chi connectivity index (χ3v) is 1.46. The summed E-state index contributed by atoms with van der Waals surface area (Å²) in [6.07, 6.45) is 1.74. The number of rotatable bonds is 4. The van der Waals surface area contributed by atoms with Gasteiger partial charge in [-0.05, 0) is 0 Å². The van der Waals surface area contributed by atoms with Gasteiger partial charge in [0.2, 0.25) is 0 Å². The van der Waals surface area contributed by atoms with E-state index < -0.39 is 21.4 Å². The van der Waals surface area contributed by atoms with Crippen molar-refractivity contribution in [3.05, 3.63) is 0 Å². The topological polar surface area (TPSA) is 60.4 Å². The molecule has 0 N–H and O–H groups in total. The van der Waals surface area contributed by atoms with Crippen molar-refractivity contribution in [1.29, 1.82) is 0 Å². The SMILES string of the molecule is CCCCC(=O)[O][V](=[O])=[O]. The molecular formula is C5H9O4V. The van der Waals surface area contributed by atoms with E-state index in [1.807, 2.05) is 6.92 Å². The Morgan fingerprint density at radius 3 is 2.50 bits per heavy atom. The van der Waals surface area contributed by atoms with E-state index in [-0.39, 0.29) is 6.42 Å². The molecule has 0 aromatic rings. The van der Waals surface area contributed by atoms with Crippen LogP contribution < -0.4 is 0 Å². The zero-order valence-electron chi connectivity index (χ0n) is 5.70. The molecule has 0 heterocycles. The fraction of sp³-hybridized carbons (Fsp3) is 0.800. The third kappa shape index (κ3) is 5.79. The van der Waals surface area contributed by atoms with Gasteiger partial charge in [-0.2, -0.15) is 0 Å². The number of carbonyl (C=O) groups excluding carboxylic acids is 1. The molecule has 0 amide bonds. The van der Waals surface area contributed by atoms with Gasteiger partial charge in [0.1, 0.15) is 0 Å². The summed E-state index contributed by atoms with van der Waals surface area (Å²) >= 11 is -3.68. The average molecular weight is 184 g/mol. The fourth-order valence-electron chi connectivity index (χ4n) is 0.450. The first kappa shape index (κ1) is 9.65. The monoisotopic (exact) mass is 184 g/mol. The summed E-state index contributed by atoms with van der Waals surface area (Å²) in [5.74, 6) is -0.633. The summed E-state index contributed by atoms with van der Waals surface area (Å²) in [5.41, 5.74) is 0. The van der Waals surface area contributed by atoms with E-state index in [1.54, 1.807) is 0 Å². The van der Waals surface area contributed by atoms with Gasteiger partial charge in [0, 0.05) is 0 Å². The molecule has 0 rings (SSSR count). The van der Waals surface area contributed by atoms with E-state index in [9.17, 15) is 12.1 Å². The molecule has 10 heavy (non-hydrogen) atoms. The molecule has 0 aromatic carbocycles. The third-order valence-electron chi connectivity index (χ3n) is 0.911. The van der Waals surface area contributed by atoms with Gasteiger partial charge in [-0.3, -0.25) is 0 Å². The Balaban J connectivity index is 3.44. The van der Waals surface area contributed by atoms with Crippen molar-refractivity contribution in [2.75, 3.05) is 0 Å². The first-order valence-electron chi connectivity index (χ1n) is 3.02. The Labute approximate surface area is 63.9 Å². The molecular weight excluding hydrogens is 175 g/mol. The van der Waals surface area contributed by atoms with Crippen molar-refractivity contribution in [1.82, 2.24) is 0 Å². The first-order chi connectivity index (χ1) is 4.66. The van der Waals surface area contributed by atoms with E-state index >= 15 is 0 Å². The van der Waals surface area contributed by atoms with E-state index in [0.29, 0.717) is 6.42 Å². The van der Waals surface area contributed by atoms with Crippen molar-refractivity contribution >= 4 is 5.97 Å². The van der Waals surface area contributed by atoms with Crippen LogP contribution in [0.3, 0.4) is 0 Å². The van der Waals surface area contributed by atoms with E-state index in [4.69, 9.17) is 0 Å². The van der Waals surface area contributed by atoms with E-state index in [0.717, 1.165) is 6.42 Å². The van der Waals surface area contributed by atoms with Crippen LogP contribution in [0.15, 0.2) is 0 Å². The first-order valence-corrected chi connectivity index (χ1v) is 4.73. The Morgan fingerprint density at radius 2 is 2.10 bits per heavy atom. The summed E-state index contributed by atoms with van der Waals surface area (Å²) in [6, 6.07) is 0. The van der Waals surface area contributed by atoms with E-state index in [1.165, 1.54) is 0 Å². The molecule has 0 saturated heterocycles. The Bertz CT molecular complexity index is 164. The quantitative estimate of drug-likeness (QED) is 0.652. The van der Waals surface area contributed by atoms with Crippen molar-refractivity contribution in [2.45, 2.75) is 26.2 Å². The summed E-state index contributed by atoms with van der Waals surface area (Å²) in [5, 5.41) is 0. The second-order valence-electron chi connectivity index (χ2n) is 1.79.